The van der Waals surface area contributed by atoms with Crippen LogP contribution in [0.4, 0.5) is 5.69 Å². The molecule has 1 heterocycles. The smallest absolute Gasteiger partial charge is 0.305 e. The predicted octanol–water partition coefficient (Wildman–Crippen LogP) is 2.77. The Kier molecular flexibility index (Phi) is 4.40. The van der Waals surface area contributed by atoms with Crippen molar-refractivity contribution in [2.45, 2.75) is 26.8 Å². The molecule has 1 aromatic heterocycles. The fraction of sp³-hybridized carbons (Fsp3) is 0.333. The van der Waals surface area contributed by atoms with Gasteiger partial charge >= 0.3 is 5.97 Å². The molecule has 0 fully saturated rings. The minimum Gasteiger partial charge on any atom is -0.481 e. The molecular formula is C15H18N2O3. The van der Waals surface area contributed by atoms with Gasteiger partial charge in [-0.15, -0.1) is 0 Å². The minimum atomic E-state index is -0.801. The number of anilines is 1. The molecule has 0 bridgehead atoms. The van der Waals surface area contributed by atoms with Crippen molar-refractivity contribution in [2.75, 3.05) is 11.4 Å². The number of carbonyl (C=O) groups is 1. The maximum Gasteiger partial charge on any atom is 0.305 e. The van der Waals surface area contributed by atoms with Crippen LogP contribution >= 0.6 is 0 Å². The van der Waals surface area contributed by atoms with Crippen LogP contribution in [0.15, 0.2) is 34.9 Å². The zero-order chi connectivity index (χ0) is 14.5. The van der Waals surface area contributed by atoms with E-state index in [9.17, 15) is 4.79 Å². The van der Waals surface area contributed by atoms with Gasteiger partial charge < -0.3 is 14.5 Å². The topological polar surface area (TPSA) is 66.6 Å². The number of rotatable bonds is 6. The lowest BCUT2D eigenvalue weighted by Crippen LogP contribution is -2.26. The molecule has 0 saturated heterocycles. The number of aryl methyl sites for hydroxylation is 2. The second-order valence-corrected chi connectivity index (χ2v) is 4.70. The number of aromatic nitrogens is 1. The van der Waals surface area contributed by atoms with E-state index >= 15 is 0 Å². The summed E-state index contributed by atoms with van der Waals surface area (Å²) >= 11 is 0. The molecule has 0 aliphatic heterocycles. The van der Waals surface area contributed by atoms with Gasteiger partial charge in [-0.1, -0.05) is 23.4 Å². The maximum atomic E-state index is 10.8. The van der Waals surface area contributed by atoms with Gasteiger partial charge in [-0.2, -0.15) is 0 Å². The molecule has 0 spiro atoms. The van der Waals surface area contributed by atoms with Gasteiger partial charge in [0.2, 0.25) is 0 Å². The van der Waals surface area contributed by atoms with Crippen molar-refractivity contribution in [3.8, 4) is 0 Å². The fourth-order valence-corrected chi connectivity index (χ4v) is 2.09. The quantitative estimate of drug-likeness (QED) is 0.877. The van der Waals surface area contributed by atoms with Crippen molar-refractivity contribution in [2.24, 2.45) is 0 Å². The summed E-state index contributed by atoms with van der Waals surface area (Å²) in [5.74, 6) is -0.0246. The van der Waals surface area contributed by atoms with Crippen molar-refractivity contribution in [1.82, 2.24) is 5.16 Å². The van der Waals surface area contributed by atoms with Gasteiger partial charge in [0.1, 0.15) is 5.76 Å². The summed E-state index contributed by atoms with van der Waals surface area (Å²) in [7, 11) is 0. The first-order chi connectivity index (χ1) is 9.58. The van der Waals surface area contributed by atoms with Gasteiger partial charge in [-0.25, -0.2) is 0 Å². The molecule has 0 aliphatic carbocycles. The van der Waals surface area contributed by atoms with Crippen molar-refractivity contribution in [3.63, 3.8) is 0 Å². The zero-order valence-corrected chi connectivity index (χ0v) is 11.7. The van der Waals surface area contributed by atoms with Crippen molar-refractivity contribution in [3.05, 3.63) is 47.3 Å². The monoisotopic (exact) mass is 274 g/mol. The number of nitrogens with zero attached hydrogens (tertiary/aromatic N) is 2. The third kappa shape index (κ3) is 3.38. The molecule has 0 amide bonds. The molecule has 1 aromatic carbocycles. The van der Waals surface area contributed by atoms with E-state index in [-0.39, 0.29) is 6.42 Å². The summed E-state index contributed by atoms with van der Waals surface area (Å²) in [4.78, 5) is 12.8. The highest BCUT2D eigenvalue weighted by Gasteiger charge is 2.15. The van der Waals surface area contributed by atoms with Crippen LogP contribution in [0.1, 0.15) is 23.4 Å². The molecular weight excluding hydrogens is 256 g/mol. The molecule has 20 heavy (non-hydrogen) atoms. The van der Waals surface area contributed by atoms with Gasteiger partial charge in [0.25, 0.3) is 0 Å². The number of hydrogen-bond donors (Lipinski definition) is 1. The highest BCUT2D eigenvalue weighted by atomic mass is 16.5. The Bertz CT molecular complexity index is 559. The Morgan fingerprint density at radius 2 is 2.00 bits per heavy atom. The van der Waals surface area contributed by atoms with Crippen LogP contribution in [0.5, 0.6) is 0 Å². The van der Waals surface area contributed by atoms with E-state index in [4.69, 9.17) is 9.63 Å². The number of benzene rings is 1. The lowest BCUT2D eigenvalue weighted by molar-refractivity contribution is -0.136. The van der Waals surface area contributed by atoms with Crippen LogP contribution in [-0.2, 0) is 11.3 Å². The molecule has 5 nitrogen and oxygen atoms in total. The van der Waals surface area contributed by atoms with E-state index in [2.05, 4.69) is 5.16 Å². The molecule has 5 heteroatoms. The lowest BCUT2D eigenvalue weighted by Gasteiger charge is -2.24. The average Bonchev–Trinajstić information content (AvgIpc) is 2.75. The molecule has 0 atom stereocenters. The van der Waals surface area contributed by atoms with Crippen LogP contribution in [-0.4, -0.2) is 22.8 Å². The van der Waals surface area contributed by atoms with Gasteiger partial charge in [0.15, 0.2) is 0 Å². The van der Waals surface area contributed by atoms with Gasteiger partial charge in [0.05, 0.1) is 12.1 Å². The summed E-state index contributed by atoms with van der Waals surface area (Å²) in [6, 6.07) is 9.77. The molecule has 2 rings (SSSR count). The number of hydrogen-bond acceptors (Lipinski definition) is 4. The molecule has 0 aliphatic rings. The number of aliphatic carboxylic acids is 1. The fourth-order valence-electron chi connectivity index (χ4n) is 2.09. The van der Waals surface area contributed by atoms with E-state index in [0.717, 1.165) is 22.7 Å². The Morgan fingerprint density at radius 1 is 1.30 bits per heavy atom. The Morgan fingerprint density at radius 3 is 2.55 bits per heavy atom. The summed E-state index contributed by atoms with van der Waals surface area (Å²) in [6.45, 7) is 4.81. The normalized spacial score (nSPS) is 10.5. The second kappa shape index (κ2) is 6.23. The molecule has 0 saturated carbocycles. The third-order valence-electron chi connectivity index (χ3n) is 3.25. The second-order valence-electron chi connectivity index (χ2n) is 4.70. The number of carboxylic acid groups (broad SMARTS) is 1. The Labute approximate surface area is 117 Å². The molecule has 0 unspecified atom stereocenters. The molecule has 2 aromatic rings. The Hall–Kier alpha value is -2.30. The minimum absolute atomic E-state index is 0.0955. The first-order valence-electron chi connectivity index (χ1n) is 6.51. The van der Waals surface area contributed by atoms with Crippen LogP contribution in [0.3, 0.4) is 0 Å². The molecule has 106 valence electrons. The Balaban J connectivity index is 2.21. The summed E-state index contributed by atoms with van der Waals surface area (Å²) < 4.78 is 5.16. The van der Waals surface area contributed by atoms with E-state index in [1.54, 1.807) is 0 Å². The predicted molar refractivity (Wildman–Crippen MR) is 75.7 cm³/mol. The van der Waals surface area contributed by atoms with Crippen LogP contribution < -0.4 is 4.90 Å². The average molecular weight is 274 g/mol. The van der Waals surface area contributed by atoms with Gasteiger partial charge in [-0.05, 0) is 26.0 Å². The first kappa shape index (κ1) is 14.1. The summed E-state index contributed by atoms with van der Waals surface area (Å²) in [6.07, 6.45) is 0.0955. The summed E-state index contributed by atoms with van der Waals surface area (Å²) in [5, 5.41) is 12.8. The van der Waals surface area contributed by atoms with E-state index in [1.165, 1.54) is 0 Å². The van der Waals surface area contributed by atoms with Crippen molar-refractivity contribution in [1.29, 1.82) is 0 Å². The van der Waals surface area contributed by atoms with Crippen LogP contribution in [0.25, 0.3) is 0 Å². The van der Waals surface area contributed by atoms with Crippen molar-refractivity contribution >= 4 is 11.7 Å². The summed E-state index contributed by atoms with van der Waals surface area (Å²) in [5.41, 5.74) is 2.85. The standard InChI is InChI=1S/C15H18N2O3/c1-11-14(12(2)20-16-11)10-17(9-8-15(18)19)13-6-4-3-5-7-13/h3-7H,8-10H2,1-2H3,(H,18,19). The molecule has 0 radical (unpaired) electrons. The number of carboxylic acids is 1. The first-order valence-corrected chi connectivity index (χ1v) is 6.51. The van der Waals surface area contributed by atoms with E-state index in [0.29, 0.717) is 13.1 Å². The zero-order valence-electron chi connectivity index (χ0n) is 11.7. The molecule has 1 N–H and O–H groups in total. The lowest BCUT2D eigenvalue weighted by atomic mass is 10.1. The highest BCUT2D eigenvalue weighted by molar-refractivity contribution is 5.67. The third-order valence-corrected chi connectivity index (χ3v) is 3.25. The van der Waals surface area contributed by atoms with Gasteiger partial charge in [-0.3, -0.25) is 4.79 Å². The van der Waals surface area contributed by atoms with Crippen LogP contribution in [0.2, 0.25) is 0 Å². The van der Waals surface area contributed by atoms with Crippen LogP contribution in [0, 0.1) is 13.8 Å². The highest BCUT2D eigenvalue weighted by Crippen LogP contribution is 2.21. The van der Waals surface area contributed by atoms with Gasteiger partial charge in [0, 0.05) is 24.3 Å². The maximum absolute atomic E-state index is 10.8. The van der Waals surface area contributed by atoms with E-state index < -0.39 is 5.97 Å². The van der Waals surface area contributed by atoms with E-state index in [1.807, 2.05) is 49.1 Å². The largest absolute Gasteiger partial charge is 0.481 e. The SMILES string of the molecule is Cc1noc(C)c1CN(CCC(=O)O)c1ccccc1. The number of para-hydroxylation sites is 1. The van der Waals surface area contributed by atoms with Crippen molar-refractivity contribution < 1.29 is 14.4 Å².